The Hall–Kier alpha value is -1.74. The molecule has 0 amide bonds. The third kappa shape index (κ3) is 3.88. The summed E-state index contributed by atoms with van der Waals surface area (Å²) in [7, 11) is -3.51. The maximum absolute atomic E-state index is 13.7. The molecule has 1 aromatic carbocycles. The van der Waals surface area contributed by atoms with Crippen molar-refractivity contribution in [2.24, 2.45) is 5.92 Å². The molecule has 1 rings (SSSR count). The molecular formula is C12H16F2N2O4S. The molecule has 0 aliphatic rings. The second-order valence-electron chi connectivity index (χ2n) is 4.68. The van der Waals surface area contributed by atoms with Crippen molar-refractivity contribution in [3.8, 4) is 0 Å². The fourth-order valence-electron chi connectivity index (χ4n) is 1.65. The zero-order valence-electron chi connectivity index (χ0n) is 11.7. The highest BCUT2D eigenvalue weighted by atomic mass is 32.2. The highest BCUT2D eigenvalue weighted by Crippen LogP contribution is 2.22. The number of carbonyl (C=O) groups is 1. The predicted octanol–water partition coefficient (Wildman–Crippen LogP) is 1.02. The fourth-order valence-corrected chi connectivity index (χ4v) is 3.10. The molecule has 9 heteroatoms. The zero-order valence-corrected chi connectivity index (χ0v) is 12.5. The van der Waals surface area contributed by atoms with E-state index in [-0.39, 0.29) is 5.69 Å². The minimum atomic E-state index is -4.59. The van der Waals surface area contributed by atoms with Gasteiger partial charge in [0.2, 0.25) is 10.0 Å². The van der Waals surface area contributed by atoms with Crippen molar-refractivity contribution in [1.29, 1.82) is 0 Å². The third-order valence-electron chi connectivity index (χ3n) is 2.69. The second-order valence-corrected chi connectivity index (χ2v) is 6.33. The monoisotopic (exact) mass is 322 g/mol. The number of nitrogens with two attached hydrogens (primary N) is 1. The SMILES string of the molecule is COC(=O)C(NS(=O)(=O)c1c(F)cc(N)cc1F)C(C)C. The Bertz CT molecular complexity index is 624. The average Bonchev–Trinajstić information content (AvgIpc) is 2.33. The summed E-state index contributed by atoms with van der Waals surface area (Å²) < 4.78 is 57.9. The van der Waals surface area contributed by atoms with Crippen LogP contribution in [0, 0.1) is 17.6 Å². The van der Waals surface area contributed by atoms with Crippen LogP contribution in [-0.2, 0) is 19.6 Å². The molecule has 0 spiro atoms. The summed E-state index contributed by atoms with van der Waals surface area (Å²) >= 11 is 0. The number of esters is 1. The molecule has 1 aromatic rings. The number of methoxy groups -OCH3 is 1. The van der Waals surface area contributed by atoms with Crippen molar-refractivity contribution in [1.82, 2.24) is 4.72 Å². The van der Waals surface area contributed by atoms with Crippen molar-refractivity contribution in [3.63, 3.8) is 0 Å². The molecule has 0 aliphatic carbocycles. The standard InChI is InChI=1S/C12H16F2N2O4S/c1-6(2)10(12(17)20-3)16-21(18,19)11-8(13)4-7(15)5-9(11)14/h4-6,10,16H,15H2,1-3H3. The van der Waals surface area contributed by atoms with Gasteiger partial charge in [-0.3, -0.25) is 4.79 Å². The van der Waals surface area contributed by atoms with Crippen molar-refractivity contribution in [2.75, 3.05) is 12.8 Å². The Labute approximate surface area is 121 Å². The summed E-state index contributed by atoms with van der Waals surface area (Å²) in [5, 5.41) is 0. The number of nitrogens with one attached hydrogen (secondary N) is 1. The van der Waals surface area contributed by atoms with Crippen molar-refractivity contribution < 1.29 is 26.7 Å². The lowest BCUT2D eigenvalue weighted by Crippen LogP contribution is -2.45. The van der Waals surface area contributed by atoms with Gasteiger partial charge in [-0.1, -0.05) is 13.8 Å². The summed E-state index contributed by atoms with van der Waals surface area (Å²) in [6.45, 7) is 3.11. The van der Waals surface area contributed by atoms with Crippen LogP contribution in [0.2, 0.25) is 0 Å². The summed E-state index contributed by atoms with van der Waals surface area (Å²) in [6, 6.07) is 0.0942. The van der Waals surface area contributed by atoms with Crippen LogP contribution in [0.1, 0.15) is 13.8 Å². The van der Waals surface area contributed by atoms with Gasteiger partial charge < -0.3 is 10.5 Å². The Kier molecular flexibility index (Phi) is 5.24. The number of hydrogen-bond donors (Lipinski definition) is 2. The molecular weight excluding hydrogens is 306 g/mol. The van der Waals surface area contributed by atoms with Crippen molar-refractivity contribution >= 4 is 21.7 Å². The zero-order chi connectivity index (χ0) is 16.4. The van der Waals surface area contributed by atoms with E-state index < -0.39 is 44.5 Å². The van der Waals surface area contributed by atoms with Gasteiger partial charge >= 0.3 is 5.97 Å². The summed E-state index contributed by atoms with van der Waals surface area (Å²) in [5.41, 5.74) is 4.97. The molecule has 1 atom stereocenters. The van der Waals surface area contributed by atoms with E-state index in [9.17, 15) is 22.0 Å². The smallest absolute Gasteiger partial charge is 0.324 e. The Morgan fingerprint density at radius 3 is 2.14 bits per heavy atom. The molecule has 0 fully saturated rings. The van der Waals surface area contributed by atoms with Crippen LogP contribution in [0.5, 0.6) is 0 Å². The van der Waals surface area contributed by atoms with Crippen LogP contribution in [-0.4, -0.2) is 27.5 Å². The number of anilines is 1. The van der Waals surface area contributed by atoms with Gasteiger partial charge in [0.1, 0.15) is 17.7 Å². The van der Waals surface area contributed by atoms with E-state index >= 15 is 0 Å². The van der Waals surface area contributed by atoms with Gasteiger partial charge in [0.05, 0.1) is 7.11 Å². The van der Waals surface area contributed by atoms with Crippen LogP contribution < -0.4 is 10.5 Å². The van der Waals surface area contributed by atoms with Gasteiger partial charge in [0.15, 0.2) is 4.90 Å². The second kappa shape index (κ2) is 6.35. The predicted molar refractivity (Wildman–Crippen MR) is 71.7 cm³/mol. The number of hydrogen-bond acceptors (Lipinski definition) is 5. The molecule has 118 valence electrons. The molecule has 0 bridgehead atoms. The number of benzene rings is 1. The number of carbonyl (C=O) groups excluding carboxylic acids is 1. The van der Waals surface area contributed by atoms with Gasteiger partial charge in [-0.25, -0.2) is 17.2 Å². The number of ether oxygens (including phenoxy) is 1. The number of rotatable bonds is 5. The minimum Gasteiger partial charge on any atom is -0.468 e. The number of sulfonamides is 1. The molecule has 0 saturated heterocycles. The quantitative estimate of drug-likeness (QED) is 0.623. The Morgan fingerprint density at radius 1 is 1.29 bits per heavy atom. The molecule has 3 N–H and O–H groups in total. The van der Waals surface area contributed by atoms with Gasteiger partial charge in [0, 0.05) is 5.69 Å². The molecule has 0 heterocycles. The normalized spacial score (nSPS) is 13.2. The molecule has 0 saturated carbocycles. The summed E-state index contributed by atoms with van der Waals surface area (Å²) in [6.07, 6.45) is 0. The van der Waals surface area contributed by atoms with E-state index in [1.165, 1.54) is 0 Å². The van der Waals surface area contributed by atoms with E-state index in [0.717, 1.165) is 7.11 Å². The summed E-state index contributed by atoms with van der Waals surface area (Å²) in [5.74, 6) is -4.02. The first kappa shape index (κ1) is 17.3. The maximum Gasteiger partial charge on any atom is 0.324 e. The molecule has 0 aliphatic heterocycles. The Balaban J connectivity index is 3.26. The van der Waals surface area contributed by atoms with Crippen LogP contribution in [0.4, 0.5) is 14.5 Å². The van der Waals surface area contributed by atoms with Gasteiger partial charge in [0.25, 0.3) is 0 Å². The van der Waals surface area contributed by atoms with Gasteiger partial charge in [-0.05, 0) is 18.1 Å². The number of halogens is 2. The van der Waals surface area contributed by atoms with E-state index in [1.807, 2.05) is 4.72 Å². The molecule has 21 heavy (non-hydrogen) atoms. The lowest BCUT2D eigenvalue weighted by molar-refractivity contribution is -0.143. The topological polar surface area (TPSA) is 98.5 Å². The molecule has 0 aromatic heterocycles. The lowest BCUT2D eigenvalue weighted by atomic mass is 10.1. The van der Waals surface area contributed by atoms with E-state index in [1.54, 1.807) is 13.8 Å². The maximum atomic E-state index is 13.7. The van der Waals surface area contributed by atoms with Crippen molar-refractivity contribution in [2.45, 2.75) is 24.8 Å². The highest BCUT2D eigenvalue weighted by Gasteiger charge is 2.32. The van der Waals surface area contributed by atoms with Gasteiger partial charge in [-0.2, -0.15) is 4.72 Å². The Morgan fingerprint density at radius 2 is 1.76 bits per heavy atom. The van der Waals surface area contributed by atoms with Crippen LogP contribution in [0.25, 0.3) is 0 Å². The van der Waals surface area contributed by atoms with E-state index in [4.69, 9.17) is 5.73 Å². The average molecular weight is 322 g/mol. The number of nitrogen functional groups attached to an aromatic ring is 1. The third-order valence-corrected chi connectivity index (χ3v) is 4.18. The first-order valence-electron chi connectivity index (χ1n) is 5.94. The first-order valence-corrected chi connectivity index (χ1v) is 7.43. The van der Waals surface area contributed by atoms with Crippen LogP contribution in [0.15, 0.2) is 17.0 Å². The fraction of sp³-hybridized carbons (Fsp3) is 0.417. The first-order chi connectivity index (χ1) is 9.60. The largest absolute Gasteiger partial charge is 0.468 e. The molecule has 1 unspecified atom stereocenters. The van der Waals surface area contributed by atoms with E-state index in [2.05, 4.69) is 4.74 Å². The van der Waals surface area contributed by atoms with Crippen molar-refractivity contribution in [3.05, 3.63) is 23.8 Å². The van der Waals surface area contributed by atoms with Gasteiger partial charge in [-0.15, -0.1) is 0 Å². The lowest BCUT2D eigenvalue weighted by Gasteiger charge is -2.20. The van der Waals surface area contributed by atoms with E-state index in [0.29, 0.717) is 12.1 Å². The summed E-state index contributed by atoms with van der Waals surface area (Å²) in [4.78, 5) is 10.3. The highest BCUT2D eigenvalue weighted by molar-refractivity contribution is 7.89. The van der Waals surface area contributed by atoms with Crippen LogP contribution in [0.3, 0.4) is 0 Å². The molecule has 6 nitrogen and oxygen atoms in total. The van der Waals surface area contributed by atoms with Crippen LogP contribution >= 0.6 is 0 Å². The molecule has 0 radical (unpaired) electrons. The minimum absolute atomic E-state index is 0.252.